The van der Waals surface area contributed by atoms with Crippen LogP contribution in [0.4, 0.5) is 5.69 Å². The van der Waals surface area contributed by atoms with Crippen LogP contribution in [-0.4, -0.2) is 11.2 Å². The van der Waals surface area contributed by atoms with Crippen LogP contribution in [0, 0.1) is 0 Å². The maximum absolute atomic E-state index is 11.4. The maximum atomic E-state index is 11.4. The number of rotatable bonds is 3. The molecular weight excluding hydrogens is 232 g/mol. The third-order valence-corrected chi connectivity index (χ3v) is 4.64. The standard InChI is InChI=1S/C13H18N2OS/c14-11-8-4-7-10(13(15)16)12(11)17-9-5-2-1-3-6-9/h4,7-9H,1-3,5-6,14H2,(H2,15,16). The minimum absolute atomic E-state index is 0.393. The van der Waals surface area contributed by atoms with Gasteiger partial charge in [-0.3, -0.25) is 4.79 Å². The van der Waals surface area contributed by atoms with Crippen LogP contribution in [0.3, 0.4) is 0 Å². The summed E-state index contributed by atoms with van der Waals surface area (Å²) in [5, 5.41) is 0.576. The fourth-order valence-electron chi connectivity index (χ4n) is 2.23. The van der Waals surface area contributed by atoms with Crippen molar-refractivity contribution in [3.05, 3.63) is 23.8 Å². The molecule has 1 fully saturated rings. The largest absolute Gasteiger partial charge is 0.398 e. The first kappa shape index (κ1) is 12.3. The van der Waals surface area contributed by atoms with Gasteiger partial charge in [0.1, 0.15) is 0 Å². The Balaban J connectivity index is 2.21. The Labute approximate surface area is 106 Å². The minimum Gasteiger partial charge on any atom is -0.398 e. The molecular formula is C13H18N2OS. The monoisotopic (exact) mass is 250 g/mol. The number of carbonyl (C=O) groups excluding carboxylic acids is 1. The van der Waals surface area contributed by atoms with E-state index in [9.17, 15) is 4.79 Å². The zero-order valence-electron chi connectivity index (χ0n) is 9.82. The lowest BCUT2D eigenvalue weighted by atomic mass is 10.0. The van der Waals surface area contributed by atoms with Gasteiger partial charge in [-0.05, 0) is 25.0 Å². The Kier molecular flexibility index (Phi) is 3.94. The first-order chi connectivity index (χ1) is 8.18. The quantitative estimate of drug-likeness (QED) is 0.810. The number of thioether (sulfide) groups is 1. The fraction of sp³-hybridized carbons (Fsp3) is 0.462. The fourth-order valence-corrected chi connectivity index (χ4v) is 3.63. The van der Waals surface area contributed by atoms with E-state index in [1.165, 1.54) is 32.1 Å². The second kappa shape index (κ2) is 5.45. The number of benzene rings is 1. The molecule has 4 N–H and O–H groups in total. The van der Waals surface area contributed by atoms with Gasteiger partial charge in [0.25, 0.3) is 0 Å². The Morgan fingerprint density at radius 2 is 1.94 bits per heavy atom. The van der Waals surface area contributed by atoms with Gasteiger partial charge in [0.15, 0.2) is 0 Å². The molecule has 0 radical (unpaired) electrons. The van der Waals surface area contributed by atoms with Gasteiger partial charge in [0.05, 0.1) is 5.56 Å². The van der Waals surface area contributed by atoms with Crippen LogP contribution in [0.1, 0.15) is 42.5 Å². The van der Waals surface area contributed by atoms with Crippen LogP contribution in [0.5, 0.6) is 0 Å². The van der Waals surface area contributed by atoms with Gasteiger partial charge in [0.2, 0.25) is 5.91 Å². The summed E-state index contributed by atoms with van der Waals surface area (Å²) < 4.78 is 0. The molecule has 0 atom stereocenters. The third-order valence-electron chi connectivity index (χ3n) is 3.15. The van der Waals surface area contributed by atoms with Crippen LogP contribution in [0.25, 0.3) is 0 Å². The molecule has 0 unspecified atom stereocenters. The smallest absolute Gasteiger partial charge is 0.249 e. The molecule has 92 valence electrons. The van der Waals surface area contributed by atoms with Crippen molar-refractivity contribution < 1.29 is 4.79 Å². The Morgan fingerprint density at radius 1 is 1.24 bits per heavy atom. The summed E-state index contributed by atoms with van der Waals surface area (Å²) in [7, 11) is 0. The summed E-state index contributed by atoms with van der Waals surface area (Å²) in [5.74, 6) is -0.393. The van der Waals surface area contributed by atoms with Gasteiger partial charge in [-0.1, -0.05) is 25.3 Å². The van der Waals surface area contributed by atoms with Crippen molar-refractivity contribution in [2.45, 2.75) is 42.2 Å². The second-order valence-corrected chi connectivity index (χ2v) is 5.78. The van der Waals surface area contributed by atoms with Crippen molar-refractivity contribution in [1.29, 1.82) is 0 Å². The molecule has 1 aliphatic rings. The van der Waals surface area contributed by atoms with Crippen molar-refractivity contribution in [1.82, 2.24) is 0 Å². The molecule has 17 heavy (non-hydrogen) atoms. The number of hydrogen-bond acceptors (Lipinski definition) is 3. The van der Waals surface area contributed by atoms with Gasteiger partial charge in [-0.2, -0.15) is 0 Å². The van der Waals surface area contributed by atoms with Gasteiger partial charge >= 0.3 is 0 Å². The highest BCUT2D eigenvalue weighted by atomic mass is 32.2. The summed E-state index contributed by atoms with van der Waals surface area (Å²) in [6.07, 6.45) is 6.28. The summed E-state index contributed by atoms with van der Waals surface area (Å²) in [4.78, 5) is 12.2. The topological polar surface area (TPSA) is 69.1 Å². The lowest BCUT2D eigenvalue weighted by molar-refractivity contribution is 0.0997. The van der Waals surface area contributed by atoms with Gasteiger partial charge in [0, 0.05) is 15.8 Å². The number of carbonyl (C=O) groups is 1. The molecule has 0 spiro atoms. The van der Waals surface area contributed by atoms with E-state index in [4.69, 9.17) is 11.5 Å². The van der Waals surface area contributed by atoms with Gasteiger partial charge < -0.3 is 11.5 Å². The molecule has 1 aromatic carbocycles. The molecule has 1 amide bonds. The molecule has 4 heteroatoms. The van der Waals surface area contributed by atoms with Gasteiger partial charge in [-0.15, -0.1) is 11.8 Å². The first-order valence-electron chi connectivity index (χ1n) is 6.03. The normalized spacial score (nSPS) is 16.9. The van der Waals surface area contributed by atoms with Crippen LogP contribution >= 0.6 is 11.8 Å². The molecule has 0 bridgehead atoms. The number of nitrogen functional groups attached to an aromatic ring is 1. The van der Waals surface area contributed by atoms with E-state index in [0.717, 1.165) is 4.90 Å². The zero-order valence-corrected chi connectivity index (χ0v) is 10.6. The van der Waals surface area contributed by atoms with Crippen LogP contribution in [0.15, 0.2) is 23.1 Å². The average Bonchev–Trinajstić information content (AvgIpc) is 2.33. The van der Waals surface area contributed by atoms with Crippen molar-refractivity contribution in [3.8, 4) is 0 Å². The molecule has 1 aliphatic carbocycles. The highest BCUT2D eigenvalue weighted by Gasteiger charge is 2.19. The molecule has 2 rings (SSSR count). The van der Waals surface area contributed by atoms with E-state index in [2.05, 4.69) is 0 Å². The highest BCUT2D eigenvalue weighted by molar-refractivity contribution is 8.00. The van der Waals surface area contributed by atoms with Crippen LogP contribution in [0.2, 0.25) is 0 Å². The van der Waals surface area contributed by atoms with Crippen LogP contribution < -0.4 is 11.5 Å². The van der Waals surface area contributed by atoms with E-state index in [-0.39, 0.29) is 0 Å². The van der Waals surface area contributed by atoms with Crippen LogP contribution in [-0.2, 0) is 0 Å². The minimum atomic E-state index is -0.393. The van der Waals surface area contributed by atoms with E-state index < -0.39 is 5.91 Å². The van der Waals surface area contributed by atoms with Crippen molar-refractivity contribution >= 4 is 23.4 Å². The van der Waals surface area contributed by atoms with E-state index in [0.29, 0.717) is 16.5 Å². The van der Waals surface area contributed by atoms with Crippen molar-refractivity contribution in [3.63, 3.8) is 0 Å². The van der Waals surface area contributed by atoms with Crippen molar-refractivity contribution in [2.24, 2.45) is 5.73 Å². The molecule has 0 saturated heterocycles. The molecule has 0 aromatic heterocycles. The van der Waals surface area contributed by atoms with E-state index >= 15 is 0 Å². The first-order valence-corrected chi connectivity index (χ1v) is 6.91. The molecule has 1 saturated carbocycles. The number of anilines is 1. The summed E-state index contributed by atoms with van der Waals surface area (Å²) in [5.41, 5.74) is 12.5. The number of hydrogen-bond donors (Lipinski definition) is 2. The predicted octanol–water partition coefficient (Wildman–Crippen LogP) is 2.79. The average molecular weight is 250 g/mol. The zero-order chi connectivity index (χ0) is 12.3. The van der Waals surface area contributed by atoms with E-state index in [1.807, 2.05) is 6.07 Å². The number of nitrogens with two attached hydrogens (primary N) is 2. The van der Waals surface area contributed by atoms with Gasteiger partial charge in [-0.25, -0.2) is 0 Å². The Bertz CT molecular complexity index is 414. The lowest BCUT2D eigenvalue weighted by Crippen LogP contribution is -2.15. The van der Waals surface area contributed by atoms with Crippen molar-refractivity contribution in [2.75, 3.05) is 5.73 Å². The maximum Gasteiger partial charge on any atom is 0.249 e. The lowest BCUT2D eigenvalue weighted by Gasteiger charge is -2.22. The molecule has 0 heterocycles. The molecule has 1 aromatic rings. The molecule has 0 aliphatic heterocycles. The highest BCUT2D eigenvalue weighted by Crippen LogP contribution is 2.38. The number of amides is 1. The third kappa shape index (κ3) is 2.94. The summed E-state index contributed by atoms with van der Waals surface area (Å²) in [6, 6.07) is 5.36. The Morgan fingerprint density at radius 3 is 2.59 bits per heavy atom. The SMILES string of the molecule is NC(=O)c1cccc(N)c1SC1CCCCC1. The second-order valence-electron chi connectivity index (χ2n) is 4.47. The summed E-state index contributed by atoms with van der Waals surface area (Å²) >= 11 is 1.72. The van der Waals surface area contributed by atoms with E-state index in [1.54, 1.807) is 23.9 Å². The molecule has 3 nitrogen and oxygen atoms in total. The Hall–Kier alpha value is -1.16. The predicted molar refractivity (Wildman–Crippen MR) is 72.1 cm³/mol. The summed E-state index contributed by atoms with van der Waals surface area (Å²) in [6.45, 7) is 0. The number of primary amides is 1.